The fraction of sp³-hybridized carbons (Fsp3) is 0.179. The molecule has 0 saturated carbocycles. The maximum Gasteiger partial charge on any atom is 0.335 e. The van der Waals surface area contributed by atoms with Crippen molar-refractivity contribution in [2.75, 3.05) is 13.2 Å². The molecule has 1 aliphatic rings. The number of rotatable bonds is 9. The minimum atomic E-state index is -0.997. The number of carbonyl (C=O) groups is 2. The molecule has 1 amide bonds. The van der Waals surface area contributed by atoms with Crippen LogP contribution in [0.1, 0.15) is 35.3 Å². The number of ether oxygens (including phenoxy) is 2. The highest BCUT2D eigenvalue weighted by Gasteiger charge is 2.32. The molecule has 1 fully saturated rings. The average molecular weight is 503 g/mol. The molecule has 0 radical (unpaired) electrons. The summed E-state index contributed by atoms with van der Waals surface area (Å²) in [5, 5.41) is 9.63. The number of benzene rings is 3. The minimum absolute atomic E-state index is 0.134. The van der Waals surface area contributed by atoms with Crippen molar-refractivity contribution in [3.8, 4) is 11.5 Å². The first kappa shape index (κ1) is 25.1. The Morgan fingerprint density at radius 2 is 1.75 bits per heavy atom. The van der Waals surface area contributed by atoms with Gasteiger partial charge in [0.15, 0.2) is 16.7 Å². The van der Waals surface area contributed by atoms with Crippen molar-refractivity contribution in [1.82, 2.24) is 4.90 Å². The van der Waals surface area contributed by atoms with Crippen molar-refractivity contribution in [2.45, 2.75) is 20.5 Å². The second-order valence-electron chi connectivity index (χ2n) is 7.82. The molecule has 1 saturated heterocycles. The molecule has 1 heterocycles. The van der Waals surface area contributed by atoms with E-state index in [1.165, 1.54) is 23.9 Å². The van der Waals surface area contributed by atoms with Gasteiger partial charge in [-0.2, -0.15) is 0 Å². The largest absolute Gasteiger partial charge is 0.490 e. The standard InChI is InChI=1S/C28H26N2O5S/c1-3-30-26(31)25(36-28(30)29-22-13-11-21(12-14-22)27(32)33)17-20-10-15-23(24(16-20)34-4-2)35-18-19-8-6-5-7-9-19/h5-17H,3-4,18H2,1-2H3,(H,32,33)/b25-17+,29-28?. The molecule has 4 rings (SSSR count). The van der Waals surface area contributed by atoms with E-state index in [2.05, 4.69) is 4.99 Å². The number of nitrogens with zero attached hydrogens (tertiary/aromatic N) is 2. The average Bonchev–Trinajstić information content (AvgIpc) is 3.18. The highest BCUT2D eigenvalue weighted by molar-refractivity contribution is 8.18. The number of likely N-dealkylation sites (N-methyl/N-ethyl adjacent to an activating group) is 1. The number of aromatic carboxylic acids is 1. The molecule has 0 aromatic heterocycles. The molecule has 0 bridgehead atoms. The van der Waals surface area contributed by atoms with Crippen LogP contribution in [0.4, 0.5) is 5.69 Å². The number of amidine groups is 1. The molecule has 36 heavy (non-hydrogen) atoms. The number of hydrogen-bond acceptors (Lipinski definition) is 6. The summed E-state index contributed by atoms with van der Waals surface area (Å²) >= 11 is 1.28. The number of thioether (sulfide) groups is 1. The van der Waals surface area contributed by atoms with Crippen molar-refractivity contribution >= 4 is 40.6 Å². The monoisotopic (exact) mass is 502 g/mol. The number of aliphatic imine (C=N–C) groups is 1. The maximum absolute atomic E-state index is 13.0. The van der Waals surface area contributed by atoms with Crippen molar-refractivity contribution in [2.24, 2.45) is 4.99 Å². The first-order valence-corrected chi connectivity index (χ1v) is 12.4. The lowest BCUT2D eigenvalue weighted by Crippen LogP contribution is -2.28. The Labute approximate surface area is 214 Å². The fourth-order valence-corrected chi connectivity index (χ4v) is 4.61. The second kappa shape index (κ2) is 11.6. The lowest BCUT2D eigenvalue weighted by Gasteiger charge is -2.13. The molecule has 1 aliphatic heterocycles. The fourth-order valence-electron chi connectivity index (χ4n) is 3.55. The Kier molecular flexibility index (Phi) is 8.07. The summed E-state index contributed by atoms with van der Waals surface area (Å²) in [5.74, 6) is 0.113. The third kappa shape index (κ3) is 5.95. The van der Waals surface area contributed by atoms with Gasteiger partial charge in [0.25, 0.3) is 5.91 Å². The van der Waals surface area contributed by atoms with Gasteiger partial charge in [0.1, 0.15) is 6.61 Å². The van der Waals surface area contributed by atoms with Gasteiger partial charge in [-0.05, 0) is 79.2 Å². The molecule has 0 spiro atoms. The molecule has 8 heteroatoms. The van der Waals surface area contributed by atoms with Gasteiger partial charge in [-0.15, -0.1) is 0 Å². The third-order valence-electron chi connectivity index (χ3n) is 5.35. The summed E-state index contributed by atoms with van der Waals surface area (Å²) in [7, 11) is 0. The van der Waals surface area contributed by atoms with E-state index in [4.69, 9.17) is 14.6 Å². The van der Waals surface area contributed by atoms with E-state index in [0.717, 1.165) is 11.1 Å². The van der Waals surface area contributed by atoms with E-state index in [-0.39, 0.29) is 11.5 Å². The predicted octanol–water partition coefficient (Wildman–Crippen LogP) is 5.99. The first-order valence-electron chi connectivity index (χ1n) is 11.6. The van der Waals surface area contributed by atoms with Crippen LogP contribution in [0.25, 0.3) is 6.08 Å². The SMILES string of the molecule is CCOc1cc(/C=C2/SC(=Nc3ccc(C(=O)O)cc3)N(CC)C2=O)ccc1OCc1ccccc1. The summed E-state index contributed by atoms with van der Waals surface area (Å²) < 4.78 is 11.8. The zero-order valence-corrected chi connectivity index (χ0v) is 20.8. The maximum atomic E-state index is 13.0. The number of carboxylic acids is 1. The van der Waals surface area contributed by atoms with Crippen LogP contribution in [0.2, 0.25) is 0 Å². The third-order valence-corrected chi connectivity index (χ3v) is 6.35. The van der Waals surface area contributed by atoms with Gasteiger partial charge in [0, 0.05) is 6.54 Å². The molecule has 184 valence electrons. The topological polar surface area (TPSA) is 88.4 Å². The molecular formula is C28H26N2O5S. The van der Waals surface area contributed by atoms with Gasteiger partial charge in [0.05, 0.1) is 22.8 Å². The van der Waals surface area contributed by atoms with Crippen LogP contribution in [0.5, 0.6) is 11.5 Å². The van der Waals surface area contributed by atoms with Crippen LogP contribution in [0, 0.1) is 0 Å². The Bertz CT molecular complexity index is 1300. The Balaban J connectivity index is 1.56. The molecule has 7 nitrogen and oxygen atoms in total. The molecule has 3 aromatic carbocycles. The number of amides is 1. The number of carbonyl (C=O) groups excluding carboxylic acids is 1. The van der Waals surface area contributed by atoms with Crippen molar-refractivity contribution in [3.05, 3.63) is 94.4 Å². The van der Waals surface area contributed by atoms with Crippen molar-refractivity contribution < 1.29 is 24.2 Å². The van der Waals surface area contributed by atoms with Gasteiger partial charge in [-0.1, -0.05) is 36.4 Å². The van der Waals surface area contributed by atoms with Gasteiger partial charge >= 0.3 is 5.97 Å². The first-order chi connectivity index (χ1) is 17.5. The van der Waals surface area contributed by atoms with Crippen LogP contribution < -0.4 is 9.47 Å². The van der Waals surface area contributed by atoms with E-state index in [1.54, 1.807) is 17.0 Å². The summed E-state index contributed by atoms with van der Waals surface area (Å²) in [6, 6.07) is 21.7. The Hall–Kier alpha value is -4.04. The molecule has 0 unspecified atom stereocenters. The van der Waals surface area contributed by atoms with Crippen LogP contribution in [0.15, 0.2) is 82.7 Å². The van der Waals surface area contributed by atoms with Crippen LogP contribution in [-0.4, -0.2) is 40.2 Å². The minimum Gasteiger partial charge on any atom is -0.490 e. The van der Waals surface area contributed by atoms with Crippen molar-refractivity contribution in [1.29, 1.82) is 0 Å². The zero-order chi connectivity index (χ0) is 25.5. The van der Waals surface area contributed by atoms with Crippen LogP contribution in [-0.2, 0) is 11.4 Å². The van der Waals surface area contributed by atoms with E-state index >= 15 is 0 Å². The quantitative estimate of drug-likeness (QED) is 0.362. The van der Waals surface area contributed by atoms with Crippen molar-refractivity contribution in [3.63, 3.8) is 0 Å². The van der Waals surface area contributed by atoms with Crippen LogP contribution >= 0.6 is 11.8 Å². The molecule has 3 aromatic rings. The number of hydrogen-bond donors (Lipinski definition) is 1. The predicted molar refractivity (Wildman–Crippen MR) is 142 cm³/mol. The number of carboxylic acid groups (broad SMARTS) is 1. The Morgan fingerprint density at radius 1 is 1.00 bits per heavy atom. The summed E-state index contributed by atoms with van der Waals surface area (Å²) in [5.41, 5.74) is 2.63. The second-order valence-corrected chi connectivity index (χ2v) is 8.83. The molecular weight excluding hydrogens is 476 g/mol. The van der Waals surface area contributed by atoms with Crippen LogP contribution in [0.3, 0.4) is 0 Å². The molecule has 0 atom stereocenters. The smallest absolute Gasteiger partial charge is 0.335 e. The normalized spacial score (nSPS) is 15.5. The summed E-state index contributed by atoms with van der Waals surface area (Å²) in [4.78, 5) is 30.8. The molecule has 1 N–H and O–H groups in total. The highest BCUT2D eigenvalue weighted by atomic mass is 32.2. The Morgan fingerprint density at radius 3 is 2.42 bits per heavy atom. The van der Waals surface area contributed by atoms with Gasteiger partial charge in [-0.3, -0.25) is 9.69 Å². The lowest BCUT2D eigenvalue weighted by atomic mass is 10.1. The van der Waals surface area contributed by atoms with Gasteiger partial charge in [0.2, 0.25) is 0 Å². The van der Waals surface area contributed by atoms with Gasteiger partial charge < -0.3 is 14.6 Å². The molecule has 0 aliphatic carbocycles. The highest BCUT2D eigenvalue weighted by Crippen LogP contribution is 2.36. The van der Waals surface area contributed by atoms with E-state index in [1.807, 2.05) is 68.5 Å². The van der Waals surface area contributed by atoms with E-state index in [9.17, 15) is 9.59 Å². The lowest BCUT2D eigenvalue weighted by molar-refractivity contribution is -0.122. The van der Waals surface area contributed by atoms with E-state index in [0.29, 0.717) is 47.0 Å². The van der Waals surface area contributed by atoms with Gasteiger partial charge in [-0.25, -0.2) is 9.79 Å². The zero-order valence-electron chi connectivity index (χ0n) is 20.0. The summed E-state index contributed by atoms with van der Waals surface area (Å²) in [6.07, 6.45) is 1.81. The summed E-state index contributed by atoms with van der Waals surface area (Å²) in [6.45, 7) is 5.17. The van der Waals surface area contributed by atoms with E-state index < -0.39 is 5.97 Å².